The van der Waals surface area contributed by atoms with Crippen LogP contribution in [0.15, 0.2) is 24.3 Å². The van der Waals surface area contributed by atoms with Gasteiger partial charge in [0.2, 0.25) is 0 Å². The first-order valence-corrected chi connectivity index (χ1v) is 8.92. The molecule has 2 nitrogen and oxygen atoms in total. The largest absolute Gasteiger partial charge is 0.396 e. The van der Waals surface area contributed by atoms with Gasteiger partial charge in [0.1, 0.15) is 0 Å². The van der Waals surface area contributed by atoms with Crippen molar-refractivity contribution in [1.82, 2.24) is 0 Å². The molecule has 2 fully saturated rings. The van der Waals surface area contributed by atoms with Crippen molar-refractivity contribution in [3.05, 3.63) is 24.3 Å². The Hall–Kier alpha value is -0.600. The molecule has 0 radical (unpaired) electrons. The Kier molecular flexibility index (Phi) is 3.85. The Labute approximate surface area is 135 Å². The molecule has 124 valence electrons. The van der Waals surface area contributed by atoms with E-state index in [-0.39, 0.29) is 29.0 Å². The van der Waals surface area contributed by atoms with Crippen molar-refractivity contribution in [3.8, 4) is 0 Å². The molecule has 2 saturated carbocycles. The van der Waals surface area contributed by atoms with E-state index >= 15 is 0 Å². The summed E-state index contributed by atoms with van der Waals surface area (Å²) >= 11 is 0. The van der Waals surface area contributed by atoms with Crippen LogP contribution in [0.3, 0.4) is 0 Å². The van der Waals surface area contributed by atoms with Crippen molar-refractivity contribution in [2.45, 2.75) is 65.4 Å². The molecule has 0 unspecified atom stereocenters. The van der Waals surface area contributed by atoms with Crippen molar-refractivity contribution < 1.29 is 10.2 Å². The fourth-order valence-corrected chi connectivity index (χ4v) is 5.87. The maximum Gasteiger partial charge on any atom is 0.0619 e. The number of aliphatic hydroxyl groups is 2. The minimum atomic E-state index is -0.366. The summed E-state index contributed by atoms with van der Waals surface area (Å²) in [5.41, 5.74) is 1.67. The first-order chi connectivity index (χ1) is 10.3. The SMILES string of the molecule is C=C[C@@]1(C)CC=C2[C@@H](CC[C@@H]3[C@](C)(CO)[C@H](O)CC[C@@]23C)C1. The lowest BCUT2D eigenvalue weighted by Crippen LogP contribution is -2.56. The lowest BCUT2D eigenvalue weighted by Gasteiger charge is -2.60. The van der Waals surface area contributed by atoms with Gasteiger partial charge >= 0.3 is 0 Å². The number of hydrogen-bond acceptors (Lipinski definition) is 2. The fourth-order valence-electron chi connectivity index (χ4n) is 5.87. The molecule has 0 bridgehead atoms. The summed E-state index contributed by atoms with van der Waals surface area (Å²) in [5, 5.41) is 20.5. The predicted octanol–water partition coefficient (Wildman–Crippen LogP) is 4.08. The normalized spacial score (nSPS) is 51.5. The topological polar surface area (TPSA) is 40.5 Å². The molecule has 3 rings (SSSR count). The van der Waals surface area contributed by atoms with Gasteiger partial charge in [-0.2, -0.15) is 0 Å². The van der Waals surface area contributed by atoms with Gasteiger partial charge < -0.3 is 10.2 Å². The Morgan fingerprint density at radius 1 is 1.27 bits per heavy atom. The van der Waals surface area contributed by atoms with Gasteiger partial charge in [0.25, 0.3) is 0 Å². The van der Waals surface area contributed by atoms with Crippen LogP contribution in [0.4, 0.5) is 0 Å². The summed E-state index contributed by atoms with van der Waals surface area (Å²) in [6, 6.07) is 0. The molecule has 2 N–H and O–H groups in total. The third kappa shape index (κ3) is 2.14. The number of fused-ring (bicyclic) bond motifs is 3. The highest BCUT2D eigenvalue weighted by molar-refractivity contribution is 5.29. The maximum atomic E-state index is 10.5. The molecule has 0 spiro atoms. The number of aliphatic hydroxyl groups excluding tert-OH is 2. The van der Waals surface area contributed by atoms with E-state index in [1.165, 1.54) is 12.8 Å². The van der Waals surface area contributed by atoms with E-state index in [9.17, 15) is 10.2 Å². The molecule has 3 aliphatic carbocycles. The number of rotatable bonds is 2. The van der Waals surface area contributed by atoms with E-state index in [0.29, 0.717) is 11.8 Å². The smallest absolute Gasteiger partial charge is 0.0619 e. The minimum absolute atomic E-state index is 0.0940. The number of hydrogen-bond donors (Lipinski definition) is 2. The first-order valence-electron chi connectivity index (χ1n) is 8.92. The Morgan fingerprint density at radius 3 is 2.64 bits per heavy atom. The summed E-state index contributed by atoms with van der Waals surface area (Å²) in [6.45, 7) is 11.0. The van der Waals surface area contributed by atoms with Gasteiger partial charge in [0, 0.05) is 5.41 Å². The van der Waals surface area contributed by atoms with E-state index in [4.69, 9.17) is 0 Å². The monoisotopic (exact) mass is 304 g/mol. The first kappa shape index (κ1) is 16.3. The molecule has 0 aromatic carbocycles. The van der Waals surface area contributed by atoms with Crippen molar-refractivity contribution in [1.29, 1.82) is 0 Å². The molecule has 0 aromatic heterocycles. The molecular weight excluding hydrogens is 272 g/mol. The molecule has 0 aliphatic heterocycles. The van der Waals surface area contributed by atoms with Gasteiger partial charge in [-0.3, -0.25) is 0 Å². The summed E-state index contributed by atoms with van der Waals surface area (Å²) in [5.74, 6) is 1.06. The van der Waals surface area contributed by atoms with Gasteiger partial charge in [0.05, 0.1) is 12.7 Å². The van der Waals surface area contributed by atoms with Crippen molar-refractivity contribution in [2.75, 3.05) is 6.61 Å². The van der Waals surface area contributed by atoms with Crippen LogP contribution in [0.25, 0.3) is 0 Å². The average molecular weight is 304 g/mol. The van der Waals surface area contributed by atoms with Crippen LogP contribution in [0.1, 0.15) is 59.3 Å². The number of allylic oxidation sites excluding steroid dienone is 3. The van der Waals surface area contributed by atoms with E-state index in [1.807, 2.05) is 0 Å². The third-order valence-corrected chi connectivity index (χ3v) is 7.50. The predicted molar refractivity (Wildman–Crippen MR) is 90.4 cm³/mol. The van der Waals surface area contributed by atoms with E-state index < -0.39 is 0 Å². The highest BCUT2D eigenvalue weighted by atomic mass is 16.3. The lowest BCUT2D eigenvalue weighted by molar-refractivity contribution is -0.132. The second-order valence-corrected chi connectivity index (χ2v) is 8.89. The molecule has 0 aromatic rings. The van der Waals surface area contributed by atoms with Gasteiger partial charge in [0.15, 0.2) is 0 Å². The van der Waals surface area contributed by atoms with Crippen LogP contribution < -0.4 is 0 Å². The van der Waals surface area contributed by atoms with E-state index in [0.717, 1.165) is 25.7 Å². The quantitative estimate of drug-likeness (QED) is 0.755. The summed E-state index contributed by atoms with van der Waals surface area (Å²) in [7, 11) is 0. The van der Waals surface area contributed by atoms with Crippen LogP contribution in [0, 0.1) is 28.1 Å². The van der Waals surface area contributed by atoms with Crippen LogP contribution in [0.5, 0.6) is 0 Å². The van der Waals surface area contributed by atoms with Crippen molar-refractivity contribution in [2.24, 2.45) is 28.1 Å². The zero-order valence-electron chi connectivity index (χ0n) is 14.4. The molecule has 6 atom stereocenters. The fraction of sp³-hybridized carbons (Fsp3) is 0.800. The van der Waals surface area contributed by atoms with E-state index in [2.05, 4.69) is 39.5 Å². The molecule has 0 saturated heterocycles. The molecule has 22 heavy (non-hydrogen) atoms. The zero-order chi connectivity index (χ0) is 16.2. The van der Waals surface area contributed by atoms with Crippen molar-refractivity contribution >= 4 is 0 Å². The Morgan fingerprint density at radius 2 is 2.00 bits per heavy atom. The highest BCUT2D eigenvalue weighted by Crippen LogP contribution is 2.63. The Balaban J connectivity index is 1.98. The zero-order valence-corrected chi connectivity index (χ0v) is 14.4. The van der Waals surface area contributed by atoms with Crippen LogP contribution in [-0.4, -0.2) is 22.9 Å². The van der Waals surface area contributed by atoms with Gasteiger partial charge in [-0.05, 0) is 61.2 Å². The van der Waals surface area contributed by atoms with Crippen LogP contribution >= 0.6 is 0 Å². The maximum absolute atomic E-state index is 10.5. The van der Waals surface area contributed by atoms with Gasteiger partial charge in [-0.25, -0.2) is 0 Å². The molecule has 2 heteroatoms. The van der Waals surface area contributed by atoms with Gasteiger partial charge in [-0.1, -0.05) is 38.5 Å². The standard InChI is InChI=1S/C20H32O2/c1-5-18(2)10-8-15-14(12-18)6-7-16-19(15,3)11-9-17(22)20(16,4)13-21/h5,8,14,16-17,21-22H,1,6-7,9-13H2,2-4H3/t14-,16-,17+,18-,19-,20-/m0/s1. The lowest BCUT2D eigenvalue weighted by atomic mass is 9.45. The molecular formula is C20H32O2. The van der Waals surface area contributed by atoms with Crippen LogP contribution in [0.2, 0.25) is 0 Å². The van der Waals surface area contributed by atoms with Gasteiger partial charge in [-0.15, -0.1) is 6.58 Å². The summed E-state index contributed by atoms with van der Waals surface area (Å²) in [6.07, 6.45) is 10.7. The average Bonchev–Trinajstić information content (AvgIpc) is 2.51. The third-order valence-electron chi connectivity index (χ3n) is 7.50. The van der Waals surface area contributed by atoms with E-state index in [1.54, 1.807) is 5.57 Å². The molecule has 3 aliphatic rings. The molecule has 0 heterocycles. The van der Waals surface area contributed by atoms with Crippen molar-refractivity contribution in [3.63, 3.8) is 0 Å². The minimum Gasteiger partial charge on any atom is -0.396 e. The second kappa shape index (κ2) is 5.21. The summed E-state index contributed by atoms with van der Waals surface area (Å²) < 4.78 is 0. The Bertz CT molecular complexity index is 496. The summed E-state index contributed by atoms with van der Waals surface area (Å²) in [4.78, 5) is 0. The molecule has 0 amide bonds. The second-order valence-electron chi connectivity index (χ2n) is 8.89. The van der Waals surface area contributed by atoms with Crippen LogP contribution in [-0.2, 0) is 0 Å². The highest BCUT2D eigenvalue weighted by Gasteiger charge is 2.57.